The van der Waals surface area contributed by atoms with Crippen LogP contribution in [0.25, 0.3) is 27.7 Å². The molecule has 0 unspecified atom stereocenters. The van der Waals surface area contributed by atoms with Crippen LogP contribution in [-0.4, -0.2) is 9.97 Å². The van der Waals surface area contributed by atoms with Crippen molar-refractivity contribution in [1.82, 2.24) is 9.97 Å². The summed E-state index contributed by atoms with van der Waals surface area (Å²) in [6.07, 6.45) is 8.94. The summed E-state index contributed by atoms with van der Waals surface area (Å²) in [4.78, 5) is 8.73. The minimum absolute atomic E-state index is 0.278. The normalized spacial score (nSPS) is 14.0. The van der Waals surface area contributed by atoms with E-state index in [-0.39, 0.29) is 5.28 Å². The fourth-order valence-electron chi connectivity index (χ4n) is 2.92. The van der Waals surface area contributed by atoms with E-state index in [0.29, 0.717) is 0 Å². The Labute approximate surface area is 140 Å². The van der Waals surface area contributed by atoms with Gasteiger partial charge in [-0.05, 0) is 41.6 Å². The standard InChI is InChI=1S/C20H15ClN2/c21-20-22-18-9-5-4-8-17(18)19(23-20)16-12-10-15(11-13-16)14-6-2-1-3-7-14/h2,4-13H,1,3H2. The highest BCUT2D eigenvalue weighted by Crippen LogP contribution is 2.29. The highest BCUT2D eigenvalue weighted by Gasteiger charge is 2.09. The van der Waals surface area contributed by atoms with E-state index in [2.05, 4.69) is 52.5 Å². The van der Waals surface area contributed by atoms with E-state index in [1.165, 1.54) is 11.1 Å². The van der Waals surface area contributed by atoms with Gasteiger partial charge in [0, 0.05) is 10.9 Å². The molecule has 0 fully saturated rings. The van der Waals surface area contributed by atoms with Gasteiger partial charge in [0.25, 0.3) is 0 Å². The van der Waals surface area contributed by atoms with Crippen LogP contribution in [0.15, 0.2) is 66.8 Å². The molecule has 4 rings (SSSR count). The number of hydrogen-bond donors (Lipinski definition) is 0. The van der Waals surface area contributed by atoms with Gasteiger partial charge in [-0.25, -0.2) is 9.97 Å². The summed E-state index contributed by atoms with van der Waals surface area (Å²) in [6, 6.07) is 16.4. The van der Waals surface area contributed by atoms with E-state index in [9.17, 15) is 0 Å². The Morgan fingerprint density at radius 1 is 0.826 bits per heavy atom. The molecule has 1 heterocycles. The average Bonchev–Trinajstić information content (AvgIpc) is 2.62. The lowest BCUT2D eigenvalue weighted by Gasteiger charge is -2.09. The first kappa shape index (κ1) is 14.2. The molecule has 0 bridgehead atoms. The lowest BCUT2D eigenvalue weighted by atomic mass is 9.97. The molecule has 23 heavy (non-hydrogen) atoms. The number of halogens is 1. The van der Waals surface area contributed by atoms with E-state index >= 15 is 0 Å². The van der Waals surface area contributed by atoms with Crippen LogP contribution in [0.1, 0.15) is 18.4 Å². The second-order valence-corrected chi connectivity index (χ2v) is 5.91. The monoisotopic (exact) mass is 318 g/mol. The van der Waals surface area contributed by atoms with Crippen molar-refractivity contribution < 1.29 is 0 Å². The Kier molecular flexibility index (Phi) is 3.68. The van der Waals surface area contributed by atoms with E-state index in [1.807, 2.05) is 24.3 Å². The first-order valence-electron chi connectivity index (χ1n) is 7.71. The van der Waals surface area contributed by atoms with Crippen LogP contribution in [-0.2, 0) is 0 Å². The maximum Gasteiger partial charge on any atom is 0.223 e. The maximum atomic E-state index is 6.09. The largest absolute Gasteiger partial charge is 0.223 e. The molecular formula is C20H15ClN2. The number of para-hydroxylation sites is 1. The number of nitrogens with zero attached hydrogens (tertiary/aromatic N) is 2. The summed E-state index contributed by atoms with van der Waals surface area (Å²) in [6.45, 7) is 0. The Balaban J connectivity index is 1.79. The number of benzene rings is 2. The predicted molar refractivity (Wildman–Crippen MR) is 96.3 cm³/mol. The van der Waals surface area contributed by atoms with E-state index in [4.69, 9.17) is 11.6 Å². The van der Waals surface area contributed by atoms with Gasteiger partial charge >= 0.3 is 0 Å². The molecule has 112 valence electrons. The molecule has 0 atom stereocenters. The molecule has 1 aliphatic carbocycles. The van der Waals surface area contributed by atoms with Crippen LogP contribution in [0.2, 0.25) is 5.28 Å². The predicted octanol–water partition coefficient (Wildman–Crippen LogP) is 5.68. The lowest BCUT2D eigenvalue weighted by Crippen LogP contribution is -1.92. The molecule has 0 saturated heterocycles. The van der Waals surface area contributed by atoms with Crippen LogP contribution in [0.5, 0.6) is 0 Å². The molecule has 2 nitrogen and oxygen atoms in total. The van der Waals surface area contributed by atoms with E-state index in [1.54, 1.807) is 0 Å². The molecule has 0 N–H and O–H groups in total. The zero-order valence-corrected chi connectivity index (χ0v) is 13.3. The van der Waals surface area contributed by atoms with Gasteiger partial charge in [0.1, 0.15) is 0 Å². The van der Waals surface area contributed by atoms with Gasteiger partial charge in [-0.1, -0.05) is 60.7 Å². The van der Waals surface area contributed by atoms with Crippen LogP contribution in [0.3, 0.4) is 0 Å². The maximum absolute atomic E-state index is 6.09. The zero-order valence-electron chi connectivity index (χ0n) is 12.5. The molecule has 0 radical (unpaired) electrons. The van der Waals surface area contributed by atoms with Crippen LogP contribution >= 0.6 is 11.6 Å². The number of rotatable bonds is 2. The fourth-order valence-corrected chi connectivity index (χ4v) is 3.09. The summed E-state index contributed by atoms with van der Waals surface area (Å²) in [7, 11) is 0. The van der Waals surface area contributed by atoms with Crippen molar-refractivity contribution in [2.75, 3.05) is 0 Å². The van der Waals surface area contributed by atoms with E-state index in [0.717, 1.165) is 35.0 Å². The molecule has 3 aromatic rings. The second kappa shape index (κ2) is 5.98. The van der Waals surface area contributed by atoms with Crippen molar-refractivity contribution in [3.63, 3.8) is 0 Å². The Bertz CT molecular complexity index is 924. The van der Waals surface area contributed by atoms with Gasteiger partial charge in [0.2, 0.25) is 5.28 Å². The van der Waals surface area contributed by atoms with E-state index < -0.39 is 0 Å². The third kappa shape index (κ3) is 2.78. The van der Waals surface area contributed by atoms with Crippen molar-refractivity contribution in [3.05, 3.63) is 77.6 Å². The van der Waals surface area contributed by atoms with Crippen molar-refractivity contribution in [2.45, 2.75) is 12.8 Å². The topological polar surface area (TPSA) is 25.8 Å². The summed E-state index contributed by atoms with van der Waals surface area (Å²) in [5.41, 5.74) is 5.31. The highest BCUT2D eigenvalue weighted by molar-refractivity contribution is 6.28. The minimum atomic E-state index is 0.278. The number of hydrogen-bond acceptors (Lipinski definition) is 2. The van der Waals surface area contributed by atoms with Gasteiger partial charge in [0.05, 0.1) is 11.2 Å². The van der Waals surface area contributed by atoms with Gasteiger partial charge in [-0.15, -0.1) is 0 Å². The van der Waals surface area contributed by atoms with Crippen molar-refractivity contribution in [2.24, 2.45) is 0 Å². The smallest absolute Gasteiger partial charge is 0.218 e. The molecule has 0 spiro atoms. The third-order valence-electron chi connectivity index (χ3n) is 4.06. The summed E-state index contributed by atoms with van der Waals surface area (Å²) < 4.78 is 0. The second-order valence-electron chi connectivity index (χ2n) is 5.57. The first-order valence-corrected chi connectivity index (χ1v) is 8.09. The Hall–Kier alpha value is -2.45. The summed E-state index contributed by atoms with van der Waals surface area (Å²) >= 11 is 6.09. The Morgan fingerprint density at radius 3 is 2.39 bits per heavy atom. The van der Waals surface area contributed by atoms with Crippen molar-refractivity contribution in [1.29, 1.82) is 0 Å². The van der Waals surface area contributed by atoms with Crippen molar-refractivity contribution in [3.8, 4) is 11.3 Å². The molecule has 3 heteroatoms. The zero-order chi connectivity index (χ0) is 15.6. The van der Waals surface area contributed by atoms with Crippen molar-refractivity contribution >= 4 is 28.1 Å². The molecule has 0 amide bonds. The van der Waals surface area contributed by atoms with Crippen LogP contribution in [0.4, 0.5) is 0 Å². The van der Waals surface area contributed by atoms with Crippen LogP contribution in [0, 0.1) is 0 Å². The SMILES string of the molecule is Clc1nc(-c2ccc(C3=CCCC=C3)cc2)c2ccccc2n1. The van der Waals surface area contributed by atoms with Gasteiger partial charge in [-0.2, -0.15) is 0 Å². The Morgan fingerprint density at radius 2 is 1.61 bits per heavy atom. The highest BCUT2D eigenvalue weighted by atomic mass is 35.5. The summed E-state index contributed by atoms with van der Waals surface area (Å²) in [5.74, 6) is 0. The molecule has 1 aromatic heterocycles. The average molecular weight is 319 g/mol. The quantitative estimate of drug-likeness (QED) is 0.568. The molecular weight excluding hydrogens is 304 g/mol. The molecule has 0 saturated carbocycles. The molecule has 1 aliphatic rings. The first-order chi connectivity index (χ1) is 11.3. The number of fused-ring (bicyclic) bond motifs is 1. The fraction of sp³-hybridized carbons (Fsp3) is 0.100. The van der Waals surface area contributed by atoms with Gasteiger partial charge in [-0.3, -0.25) is 0 Å². The van der Waals surface area contributed by atoms with Crippen LogP contribution < -0.4 is 0 Å². The lowest BCUT2D eigenvalue weighted by molar-refractivity contribution is 1.04. The number of aromatic nitrogens is 2. The molecule has 0 aliphatic heterocycles. The molecule has 2 aromatic carbocycles. The third-order valence-corrected chi connectivity index (χ3v) is 4.23. The van der Waals surface area contributed by atoms with Gasteiger partial charge in [0.15, 0.2) is 0 Å². The minimum Gasteiger partial charge on any atom is -0.218 e. The summed E-state index contributed by atoms with van der Waals surface area (Å²) in [5, 5.41) is 1.29. The van der Waals surface area contributed by atoms with Gasteiger partial charge < -0.3 is 0 Å². The number of allylic oxidation sites excluding steroid dienone is 4.